The zero-order valence-corrected chi connectivity index (χ0v) is 11.9. The highest BCUT2D eigenvalue weighted by Gasteiger charge is 2.33. The molecular weight excluding hydrogens is 294 g/mol. The van der Waals surface area contributed by atoms with Crippen LogP contribution < -0.4 is 0 Å². The Labute approximate surface area is 125 Å². The molecule has 1 aliphatic heterocycles. The summed E-state index contributed by atoms with van der Waals surface area (Å²) >= 11 is 5.96. The average Bonchev–Trinajstić information content (AvgIpc) is 3.01. The van der Waals surface area contributed by atoms with Crippen LogP contribution in [0.1, 0.15) is 16.2 Å². The number of aromatic nitrogens is 2. The van der Waals surface area contributed by atoms with Crippen LogP contribution in [0, 0.1) is 6.92 Å². The maximum Gasteiger partial charge on any atom is 0.330 e. The maximum absolute atomic E-state index is 12.7. The van der Waals surface area contributed by atoms with Gasteiger partial charge in [-0.05, 0) is 19.1 Å². The Balaban J connectivity index is 2.08. The van der Waals surface area contributed by atoms with Crippen LogP contribution in [0.5, 0.6) is 0 Å². The second-order valence-electron chi connectivity index (χ2n) is 4.79. The quantitative estimate of drug-likeness (QED) is 0.858. The summed E-state index contributed by atoms with van der Waals surface area (Å²) in [6.45, 7) is 1.98. The van der Waals surface area contributed by atoms with Gasteiger partial charge in [0, 0.05) is 12.7 Å². The average molecular weight is 306 g/mol. The van der Waals surface area contributed by atoms with E-state index in [1.54, 1.807) is 35.7 Å². The minimum atomic E-state index is -1.05. The van der Waals surface area contributed by atoms with Gasteiger partial charge in [-0.25, -0.2) is 9.78 Å². The SMILES string of the molecule is Cc1nc2ccc(Cl)cn2c1C(=O)N1CC=CC1C(=O)O. The number of pyridine rings is 1. The van der Waals surface area contributed by atoms with Crippen molar-refractivity contribution in [2.75, 3.05) is 6.54 Å². The van der Waals surface area contributed by atoms with Gasteiger partial charge in [-0.15, -0.1) is 0 Å². The molecule has 0 saturated carbocycles. The topological polar surface area (TPSA) is 74.9 Å². The van der Waals surface area contributed by atoms with Gasteiger partial charge in [0.15, 0.2) is 0 Å². The first-order valence-electron chi connectivity index (χ1n) is 6.33. The molecule has 1 amide bonds. The standard InChI is InChI=1S/C14H12ClN3O3/c1-8-12(18-7-9(15)4-5-11(18)16-8)13(19)17-6-2-3-10(17)14(20)21/h2-5,7,10H,6H2,1H3,(H,20,21). The van der Waals surface area contributed by atoms with Gasteiger partial charge >= 0.3 is 5.97 Å². The molecule has 0 aromatic carbocycles. The smallest absolute Gasteiger partial charge is 0.330 e. The minimum absolute atomic E-state index is 0.267. The minimum Gasteiger partial charge on any atom is -0.479 e. The first-order chi connectivity index (χ1) is 9.99. The van der Waals surface area contributed by atoms with Gasteiger partial charge in [0.2, 0.25) is 0 Å². The van der Waals surface area contributed by atoms with E-state index >= 15 is 0 Å². The summed E-state index contributed by atoms with van der Waals surface area (Å²) in [5, 5.41) is 9.64. The number of halogens is 1. The first kappa shape index (κ1) is 13.6. The summed E-state index contributed by atoms with van der Waals surface area (Å²) < 4.78 is 1.59. The first-order valence-corrected chi connectivity index (χ1v) is 6.71. The normalized spacial score (nSPS) is 17.6. The molecule has 1 unspecified atom stereocenters. The Bertz CT molecular complexity index is 781. The van der Waals surface area contributed by atoms with Crippen LogP contribution in [0.15, 0.2) is 30.5 Å². The zero-order valence-electron chi connectivity index (χ0n) is 11.2. The lowest BCUT2D eigenvalue weighted by Crippen LogP contribution is -2.41. The number of nitrogens with zero attached hydrogens (tertiary/aromatic N) is 3. The molecule has 1 N–H and O–H groups in total. The Morgan fingerprint density at radius 1 is 1.43 bits per heavy atom. The summed E-state index contributed by atoms with van der Waals surface area (Å²) in [5.41, 5.74) is 1.47. The number of carboxylic acid groups (broad SMARTS) is 1. The molecule has 6 nitrogen and oxygen atoms in total. The van der Waals surface area contributed by atoms with E-state index in [2.05, 4.69) is 4.98 Å². The van der Waals surface area contributed by atoms with E-state index in [0.717, 1.165) is 0 Å². The fraction of sp³-hybridized carbons (Fsp3) is 0.214. The molecule has 0 spiro atoms. The van der Waals surface area contributed by atoms with Gasteiger partial charge in [-0.3, -0.25) is 9.20 Å². The van der Waals surface area contributed by atoms with Crippen LogP contribution in [0.3, 0.4) is 0 Å². The van der Waals surface area contributed by atoms with Crippen LogP contribution in [0.25, 0.3) is 5.65 Å². The van der Waals surface area contributed by atoms with Gasteiger partial charge < -0.3 is 10.0 Å². The van der Waals surface area contributed by atoms with Crippen LogP contribution in [0.2, 0.25) is 5.02 Å². The zero-order chi connectivity index (χ0) is 15.1. The van der Waals surface area contributed by atoms with Gasteiger partial charge in [0.1, 0.15) is 17.4 Å². The van der Waals surface area contributed by atoms with Crippen LogP contribution in [-0.2, 0) is 4.79 Å². The maximum atomic E-state index is 12.7. The predicted molar refractivity (Wildman–Crippen MR) is 76.5 cm³/mol. The third-order valence-electron chi connectivity index (χ3n) is 3.43. The summed E-state index contributed by atoms with van der Waals surface area (Å²) in [5.74, 6) is -1.43. The number of aryl methyl sites for hydroxylation is 1. The van der Waals surface area contributed by atoms with E-state index < -0.39 is 12.0 Å². The molecule has 2 aromatic rings. The molecule has 0 saturated heterocycles. The summed E-state index contributed by atoms with van der Waals surface area (Å²) in [6, 6.07) is 2.46. The lowest BCUT2D eigenvalue weighted by atomic mass is 10.2. The van der Waals surface area contributed by atoms with Crippen LogP contribution in [-0.4, -0.2) is 43.9 Å². The van der Waals surface area contributed by atoms with Crippen molar-refractivity contribution in [3.63, 3.8) is 0 Å². The number of aliphatic carboxylic acids is 1. The van der Waals surface area contributed by atoms with Gasteiger partial charge in [-0.2, -0.15) is 0 Å². The second kappa shape index (κ2) is 4.89. The predicted octanol–water partition coefficient (Wildman–Crippen LogP) is 1.76. The van der Waals surface area contributed by atoms with Gasteiger partial charge in [-0.1, -0.05) is 23.8 Å². The van der Waals surface area contributed by atoms with Crippen molar-refractivity contribution >= 4 is 29.1 Å². The molecule has 3 rings (SSSR count). The fourth-order valence-corrected chi connectivity index (χ4v) is 2.64. The van der Waals surface area contributed by atoms with Crippen molar-refractivity contribution in [3.05, 3.63) is 46.9 Å². The van der Waals surface area contributed by atoms with E-state index in [1.807, 2.05) is 0 Å². The van der Waals surface area contributed by atoms with Gasteiger partial charge in [0.05, 0.1) is 10.7 Å². The number of amides is 1. The number of imidazole rings is 1. The molecule has 0 bridgehead atoms. The Hall–Kier alpha value is -2.34. The second-order valence-corrected chi connectivity index (χ2v) is 5.23. The summed E-state index contributed by atoms with van der Waals surface area (Å²) in [6.07, 6.45) is 4.78. The van der Waals surface area contributed by atoms with Crippen molar-refractivity contribution in [1.29, 1.82) is 0 Å². The third-order valence-corrected chi connectivity index (χ3v) is 3.65. The highest BCUT2D eigenvalue weighted by atomic mass is 35.5. The Kier molecular flexibility index (Phi) is 3.17. The van der Waals surface area contributed by atoms with Crippen LogP contribution in [0.4, 0.5) is 0 Å². The molecular formula is C14H12ClN3O3. The van der Waals surface area contributed by atoms with Crippen molar-refractivity contribution in [2.45, 2.75) is 13.0 Å². The molecule has 108 valence electrons. The fourth-order valence-electron chi connectivity index (χ4n) is 2.48. The van der Waals surface area contributed by atoms with Crippen LogP contribution >= 0.6 is 11.6 Å². The summed E-state index contributed by atoms with van der Waals surface area (Å²) in [7, 11) is 0. The molecule has 0 fully saturated rings. The molecule has 21 heavy (non-hydrogen) atoms. The lowest BCUT2D eigenvalue weighted by molar-refractivity contribution is -0.140. The number of carbonyl (C=O) groups excluding carboxylic acids is 1. The third kappa shape index (κ3) is 2.17. The molecule has 3 heterocycles. The molecule has 1 atom stereocenters. The van der Waals surface area contributed by atoms with E-state index in [4.69, 9.17) is 16.7 Å². The number of fused-ring (bicyclic) bond motifs is 1. The van der Waals surface area contributed by atoms with E-state index in [0.29, 0.717) is 22.1 Å². The molecule has 0 radical (unpaired) electrons. The number of hydrogen-bond acceptors (Lipinski definition) is 3. The molecule has 0 aliphatic carbocycles. The highest BCUT2D eigenvalue weighted by Crippen LogP contribution is 2.20. The van der Waals surface area contributed by atoms with E-state index in [1.165, 1.54) is 11.0 Å². The van der Waals surface area contributed by atoms with Gasteiger partial charge in [0.25, 0.3) is 5.91 Å². The highest BCUT2D eigenvalue weighted by molar-refractivity contribution is 6.30. The molecule has 7 heteroatoms. The van der Waals surface area contributed by atoms with E-state index in [-0.39, 0.29) is 12.5 Å². The monoisotopic (exact) mass is 305 g/mol. The molecule has 1 aliphatic rings. The number of carbonyl (C=O) groups is 2. The van der Waals surface area contributed by atoms with E-state index in [9.17, 15) is 9.59 Å². The van der Waals surface area contributed by atoms with Crippen molar-refractivity contribution in [3.8, 4) is 0 Å². The van der Waals surface area contributed by atoms with Crippen molar-refractivity contribution < 1.29 is 14.7 Å². The summed E-state index contributed by atoms with van der Waals surface area (Å²) in [4.78, 5) is 29.5. The lowest BCUT2D eigenvalue weighted by Gasteiger charge is -2.21. The molecule has 2 aromatic heterocycles. The Morgan fingerprint density at radius 3 is 2.90 bits per heavy atom. The number of rotatable bonds is 2. The van der Waals surface area contributed by atoms with Crippen molar-refractivity contribution in [1.82, 2.24) is 14.3 Å². The number of carboxylic acids is 1. The Morgan fingerprint density at radius 2 is 2.19 bits per heavy atom. The largest absolute Gasteiger partial charge is 0.479 e. The van der Waals surface area contributed by atoms with Crippen molar-refractivity contribution in [2.24, 2.45) is 0 Å². The number of hydrogen-bond donors (Lipinski definition) is 1.